The van der Waals surface area contributed by atoms with E-state index in [1.54, 1.807) is 0 Å². The molecule has 108 valence electrons. The second kappa shape index (κ2) is 6.70. The zero-order valence-electron chi connectivity index (χ0n) is 12.0. The maximum atomic E-state index is 4.20. The second-order valence-electron chi connectivity index (χ2n) is 4.99. The van der Waals surface area contributed by atoms with Crippen LogP contribution in [0.2, 0.25) is 0 Å². The molecule has 0 saturated carbocycles. The van der Waals surface area contributed by atoms with Gasteiger partial charge in [0.05, 0.1) is 11.9 Å². The van der Waals surface area contributed by atoms with E-state index < -0.39 is 0 Å². The highest BCUT2D eigenvalue weighted by molar-refractivity contribution is 7.10. The van der Waals surface area contributed by atoms with Gasteiger partial charge in [0.2, 0.25) is 0 Å². The Labute approximate surface area is 129 Å². The zero-order chi connectivity index (χ0) is 14.5. The van der Waals surface area contributed by atoms with Crippen LogP contribution >= 0.6 is 11.3 Å². The topological polar surface area (TPSA) is 40.7 Å². The summed E-state index contributed by atoms with van der Waals surface area (Å²) >= 11 is 1.81. The lowest BCUT2D eigenvalue weighted by atomic mass is 10.1. The Hall–Kier alpha value is -1.91. The predicted octanol–water partition coefficient (Wildman–Crippen LogP) is 4.38. The fourth-order valence-electron chi connectivity index (χ4n) is 2.47. The zero-order valence-corrected chi connectivity index (χ0v) is 12.9. The first-order valence-corrected chi connectivity index (χ1v) is 8.11. The Kier molecular flexibility index (Phi) is 4.48. The molecular weight excluding hydrogens is 278 g/mol. The Bertz CT molecular complexity index is 658. The van der Waals surface area contributed by atoms with Crippen LogP contribution in [0, 0.1) is 0 Å². The molecule has 0 aliphatic carbocycles. The highest BCUT2D eigenvalue weighted by Gasteiger charge is 2.12. The van der Waals surface area contributed by atoms with Crippen molar-refractivity contribution in [2.75, 3.05) is 0 Å². The second-order valence-corrected chi connectivity index (χ2v) is 5.97. The van der Waals surface area contributed by atoms with Gasteiger partial charge in [-0.25, -0.2) is 0 Å². The van der Waals surface area contributed by atoms with Crippen molar-refractivity contribution in [2.45, 2.75) is 25.9 Å². The van der Waals surface area contributed by atoms with Gasteiger partial charge in [-0.15, -0.1) is 11.3 Å². The summed E-state index contributed by atoms with van der Waals surface area (Å²) in [6, 6.07) is 15.0. The highest BCUT2D eigenvalue weighted by Crippen LogP contribution is 2.24. The van der Waals surface area contributed by atoms with Crippen molar-refractivity contribution in [1.82, 2.24) is 15.5 Å². The minimum atomic E-state index is 0.406. The molecule has 21 heavy (non-hydrogen) atoms. The van der Waals surface area contributed by atoms with E-state index in [1.165, 1.54) is 16.0 Å². The van der Waals surface area contributed by atoms with Gasteiger partial charge in [0.25, 0.3) is 0 Å². The smallest absolute Gasteiger partial charge is 0.0695 e. The van der Waals surface area contributed by atoms with Gasteiger partial charge in [0, 0.05) is 23.0 Å². The van der Waals surface area contributed by atoms with Crippen LogP contribution in [0.25, 0.3) is 11.3 Å². The van der Waals surface area contributed by atoms with E-state index in [2.05, 4.69) is 52.1 Å². The molecule has 0 saturated heterocycles. The van der Waals surface area contributed by atoms with Crippen LogP contribution in [0.3, 0.4) is 0 Å². The molecule has 0 fully saturated rings. The molecule has 1 unspecified atom stereocenters. The van der Waals surface area contributed by atoms with Crippen LogP contribution in [-0.2, 0) is 6.54 Å². The maximum Gasteiger partial charge on any atom is 0.0695 e. The number of nitrogens with one attached hydrogen (secondary N) is 2. The SMILES string of the molecule is CCC(NCc1cn[nH]c1-c1ccccc1)c1cccs1. The fraction of sp³-hybridized carbons (Fsp3) is 0.235. The van der Waals surface area contributed by atoms with Crippen LogP contribution in [0.15, 0.2) is 54.0 Å². The van der Waals surface area contributed by atoms with Gasteiger partial charge in [-0.05, 0) is 23.4 Å². The van der Waals surface area contributed by atoms with Gasteiger partial charge in [0.15, 0.2) is 0 Å². The van der Waals surface area contributed by atoms with E-state index in [4.69, 9.17) is 0 Å². The molecule has 0 amide bonds. The summed E-state index contributed by atoms with van der Waals surface area (Å²) in [7, 11) is 0. The van der Waals surface area contributed by atoms with Crippen LogP contribution in [0.1, 0.15) is 29.8 Å². The Morgan fingerprint density at radius 1 is 1.19 bits per heavy atom. The van der Waals surface area contributed by atoms with Crippen molar-refractivity contribution in [3.8, 4) is 11.3 Å². The van der Waals surface area contributed by atoms with Gasteiger partial charge >= 0.3 is 0 Å². The largest absolute Gasteiger partial charge is 0.305 e. The average molecular weight is 297 g/mol. The molecule has 2 heterocycles. The molecule has 2 aromatic heterocycles. The number of hydrogen-bond donors (Lipinski definition) is 2. The van der Waals surface area contributed by atoms with Crippen molar-refractivity contribution in [3.05, 3.63) is 64.5 Å². The van der Waals surface area contributed by atoms with Crippen molar-refractivity contribution in [2.24, 2.45) is 0 Å². The molecule has 1 aromatic carbocycles. The number of benzene rings is 1. The van der Waals surface area contributed by atoms with Gasteiger partial charge < -0.3 is 5.32 Å². The van der Waals surface area contributed by atoms with Gasteiger partial charge in [0.1, 0.15) is 0 Å². The van der Waals surface area contributed by atoms with Crippen molar-refractivity contribution < 1.29 is 0 Å². The van der Waals surface area contributed by atoms with Gasteiger partial charge in [-0.2, -0.15) is 5.10 Å². The van der Waals surface area contributed by atoms with Crippen molar-refractivity contribution in [1.29, 1.82) is 0 Å². The first kappa shape index (κ1) is 14.0. The number of hydrogen-bond acceptors (Lipinski definition) is 3. The molecule has 3 aromatic rings. The fourth-order valence-corrected chi connectivity index (χ4v) is 3.35. The standard InChI is InChI=1S/C17H19N3S/c1-2-15(16-9-6-10-21-16)18-11-14-12-19-20-17(14)13-7-4-3-5-8-13/h3-10,12,15,18H,2,11H2,1H3,(H,19,20). The lowest BCUT2D eigenvalue weighted by molar-refractivity contribution is 0.527. The Morgan fingerprint density at radius 2 is 2.05 bits per heavy atom. The minimum Gasteiger partial charge on any atom is -0.305 e. The summed E-state index contributed by atoms with van der Waals surface area (Å²) in [5.74, 6) is 0. The summed E-state index contributed by atoms with van der Waals surface area (Å²) < 4.78 is 0. The molecule has 0 aliphatic heterocycles. The summed E-state index contributed by atoms with van der Waals surface area (Å²) in [5, 5.41) is 13.1. The quantitative estimate of drug-likeness (QED) is 0.709. The number of nitrogens with zero attached hydrogens (tertiary/aromatic N) is 1. The van der Waals surface area contributed by atoms with E-state index >= 15 is 0 Å². The number of thiophene rings is 1. The molecular formula is C17H19N3S. The van der Waals surface area contributed by atoms with E-state index in [-0.39, 0.29) is 0 Å². The third-order valence-electron chi connectivity index (χ3n) is 3.61. The normalized spacial score (nSPS) is 12.4. The Balaban J connectivity index is 1.73. The molecule has 0 bridgehead atoms. The molecule has 0 aliphatic rings. The third-order valence-corrected chi connectivity index (χ3v) is 4.60. The predicted molar refractivity (Wildman–Crippen MR) is 88.2 cm³/mol. The third kappa shape index (κ3) is 3.23. The van der Waals surface area contributed by atoms with E-state index in [0.29, 0.717) is 6.04 Å². The maximum absolute atomic E-state index is 4.20. The summed E-state index contributed by atoms with van der Waals surface area (Å²) in [4.78, 5) is 1.39. The van der Waals surface area contributed by atoms with Gasteiger partial charge in [-0.1, -0.05) is 43.3 Å². The summed E-state index contributed by atoms with van der Waals surface area (Å²) in [5.41, 5.74) is 3.48. The highest BCUT2D eigenvalue weighted by atomic mass is 32.1. The number of rotatable bonds is 6. The van der Waals surface area contributed by atoms with E-state index in [9.17, 15) is 0 Å². The lowest BCUT2D eigenvalue weighted by Crippen LogP contribution is -2.19. The monoisotopic (exact) mass is 297 g/mol. The minimum absolute atomic E-state index is 0.406. The molecule has 1 atom stereocenters. The molecule has 0 spiro atoms. The molecule has 0 radical (unpaired) electrons. The average Bonchev–Trinajstić information content (AvgIpc) is 3.20. The molecule has 3 rings (SSSR count). The van der Waals surface area contributed by atoms with Crippen LogP contribution in [0.4, 0.5) is 0 Å². The van der Waals surface area contributed by atoms with Crippen LogP contribution < -0.4 is 5.32 Å². The number of aromatic amines is 1. The van der Waals surface area contributed by atoms with Crippen molar-refractivity contribution in [3.63, 3.8) is 0 Å². The summed E-state index contributed by atoms with van der Waals surface area (Å²) in [6.07, 6.45) is 3.00. The number of aromatic nitrogens is 2. The van der Waals surface area contributed by atoms with Gasteiger partial charge in [-0.3, -0.25) is 5.10 Å². The van der Waals surface area contributed by atoms with E-state index in [0.717, 1.165) is 18.7 Å². The molecule has 2 N–H and O–H groups in total. The number of H-pyrrole nitrogens is 1. The molecule has 4 heteroatoms. The first-order chi connectivity index (χ1) is 10.4. The van der Waals surface area contributed by atoms with E-state index in [1.807, 2.05) is 35.7 Å². The van der Waals surface area contributed by atoms with Crippen LogP contribution in [0.5, 0.6) is 0 Å². The lowest BCUT2D eigenvalue weighted by Gasteiger charge is -2.15. The summed E-state index contributed by atoms with van der Waals surface area (Å²) in [6.45, 7) is 3.03. The van der Waals surface area contributed by atoms with Crippen LogP contribution in [-0.4, -0.2) is 10.2 Å². The van der Waals surface area contributed by atoms with Crippen molar-refractivity contribution >= 4 is 11.3 Å². The molecule has 3 nitrogen and oxygen atoms in total. The first-order valence-electron chi connectivity index (χ1n) is 7.23. The Morgan fingerprint density at radius 3 is 2.76 bits per heavy atom.